The first kappa shape index (κ1) is 37.2. The third-order valence-electron chi connectivity index (χ3n) is 12.2. The zero-order valence-electron chi connectivity index (χ0n) is 30.0. The molecule has 4 aliphatic rings. The summed E-state index contributed by atoms with van der Waals surface area (Å²) in [6.45, 7) is 6.92. The molecule has 2 saturated carbocycles. The average molecular weight is 767 g/mol. The van der Waals surface area contributed by atoms with E-state index < -0.39 is 0 Å². The summed E-state index contributed by atoms with van der Waals surface area (Å²) in [5, 5.41) is 0. The Morgan fingerprint density at radius 2 is 1.09 bits per heavy atom. The van der Waals surface area contributed by atoms with Crippen LogP contribution in [0.25, 0.3) is 17.2 Å². The second-order valence-corrected chi connectivity index (χ2v) is 20.1. The van der Waals surface area contributed by atoms with Gasteiger partial charge in [0, 0.05) is 0 Å². The summed E-state index contributed by atoms with van der Waals surface area (Å²) >= 11 is 0.833. The molecular formula is C44H64OSe2. The van der Waals surface area contributed by atoms with Gasteiger partial charge in [-0.1, -0.05) is 0 Å². The van der Waals surface area contributed by atoms with Crippen LogP contribution in [0.2, 0.25) is 0 Å². The molecule has 0 amide bonds. The molecule has 2 heterocycles. The van der Waals surface area contributed by atoms with Crippen LogP contribution < -0.4 is 0 Å². The van der Waals surface area contributed by atoms with Gasteiger partial charge in [0.05, 0.1) is 0 Å². The van der Waals surface area contributed by atoms with Crippen molar-refractivity contribution < 1.29 is 4.79 Å². The van der Waals surface area contributed by atoms with Gasteiger partial charge in [0.15, 0.2) is 0 Å². The van der Waals surface area contributed by atoms with Gasteiger partial charge < -0.3 is 0 Å². The molecule has 0 N–H and O–H groups in total. The Morgan fingerprint density at radius 3 is 1.49 bits per heavy atom. The van der Waals surface area contributed by atoms with Crippen molar-refractivity contribution in [1.82, 2.24) is 0 Å². The summed E-state index contributed by atoms with van der Waals surface area (Å²) in [7, 11) is 0. The number of hydrogen-bond donors (Lipinski definition) is 0. The molecule has 2 aromatic rings. The predicted octanol–water partition coefficient (Wildman–Crippen LogP) is 12.7. The average Bonchev–Trinajstić information content (AvgIpc) is 3.81. The summed E-state index contributed by atoms with van der Waals surface area (Å²) in [4.78, 5) is 10.9. The standard InChI is InChI=1S/C24H36Se.C20H28OSe/c1-3-5-6-8-23-17-18-24(25-23)22-15-13-21(14-16-22)20-11-9-19(7-4-2)10-12-20;1-2-3-15-4-6-16(7-5-15)17-8-10-18(11-9-17)20-13-12-19(14-21)22-20/h6,8,15,17-21H,3-5,7,9-14,16H2,1-2H3;10,12-17H,2-9,11H2,1H3. The van der Waals surface area contributed by atoms with Crippen molar-refractivity contribution in [2.24, 2.45) is 35.5 Å². The third-order valence-corrected chi connectivity index (χ3v) is 16.8. The number of carbonyl (C=O) groups excluding carboxylic acids is 1. The number of rotatable bonds is 12. The molecule has 0 saturated heterocycles. The van der Waals surface area contributed by atoms with Crippen LogP contribution in [0.1, 0.15) is 172 Å². The Balaban J connectivity index is 0.000000186. The molecule has 2 atom stereocenters. The van der Waals surface area contributed by atoms with Gasteiger partial charge in [-0.25, -0.2) is 0 Å². The molecule has 0 spiro atoms. The Bertz CT molecular complexity index is 1290. The van der Waals surface area contributed by atoms with E-state index in [1.807, 2.05) is 6.07 Å². The predicted molar refractivity (Wildman–Crippen MR) is 207 cm³/mol. The van der Waals surface area contributed by atoms with Crippen LogP contribution in [0, 0.1) is 35.5 Å². The van der Waals surface area contributed by atoms with E-state index in [0.717, 1.165) is 46.2 Å². The molecule has 4 aliphatic carbocycles. The van der Waals surface area contributed by atoms with Crippen LogP contribution in [-0.2, 0) is 0 Å². The Kier molecular flexibility index (Phi) is 15.7. The van der Waals surface area contributed by atoms with Gasteiger partial charge in [-0.15, -0.1) is 0 Å². The van der Waals surface area contributed by atoms with E-state index >= 15 is 0 Å². The molecule has 2 aromatic heterocycles. The van der Waals surface area contributed by atoms with Crippen LogP contribution in [0.15, 0.2) is 42.5 Å². The van der Waals surface area contributed by atoms with Crippen molar-refractivity contribution >= 4 is 52.5 Å². The maximum absolute atomic E-state index is 10.9. The van der Waals surface area contributed by atoms with Gasteiger partial charge in [0.25, 0.3) is 0 Å². The van der Waals surface area contributed by atoms with Crippen LogP contribution in [0.4, 0.5) is 0 Å². The number of unbranched alkanes of at least 4 members (excludes halogenated alkanes) is 1. The fourth-order valence-corrected chi connectivity index (χ4v) is 13.3. The van der Waals surface area contributed by atoms with Gasteiger partial charge in [0.1, 0.15) is 0 Å². The van der Waals surface area contributed by atoms with E-state index in [1.54, 1.807) is 20.0 Å². The zero-order chi connectivity index (χ0) is 32.8. The first-order chi connectivity index (χ1) is 23.1. The molecule has 2 fully saturated rings. The summed E-state index contributed by atoms with van der Waals surface area (Å²) in [5.41, 5.74) is 3.23. The fraction of sp³-hybridized carbons (Fsp3) is 0.659. The molecule has 0 bridgehead atoms. The molecule has 0 radical (unpaired) electrons. The summed E-state index contributed by atoms with van der Waals surface area (Å²) in [6, 6.07) is 8.98. The fourth-order valence-electron chi connectivity index (χ4n) is 9.30. The Hall–Kier alpha value is -1.11. The first-order valence-corrected chi connectivity index (χ1v) is 23.2. The minimum absolute atomic E-state index is 0.276. The van der Waals surface area contributed by atoms with E-state index in [-0.39, 0.29) is 14.5 Å². The first-order valence-electron chi connectivity index (χ1n) is 19.8. The normalized spacial score (nSPS) is 28.3. The molecule has 0 aliphatic heterocycles. The number of carbonyl (C=O) groups is 1. The summed E-state index contributed by atoms with van der Waals surface area (Å²) in [5.74, 6) is 6.00. The molecule has 258 valence electrons. The summed E-state index contributed by atoms with van der Waals surface area (Å²) in [6.07, 6.45) is 39.0. The van der Waals surface area contributed by atoms with Crippen molar-refractivity contribution in [3.8, 4) is 0 Å². The number of allylic oxidation sites excluding steroid dienone is 5. The van der Waals surface area contributed by atoms with Gasteiger partial charge in [-0.3, -0.25) is 0 Å². The molecule has 0 aromatic carbocycles. The van der Waals surface area contributed by atoms with Crippen molar-refractivity contribution in [1.29, 1.82) is 0 Å². The number of hydrogen-bond acceptors (Lipinski definition) is 1. The molecule has 3 heteroatoms. The zero-order valence-corrected chi connectivity index (χ0v) is 33.5. The van der Waals surface area contributed by atoms with E-state index in [0.29, 0.717) is 14.5 Å². The minimum atomic E-state index is 0.276. The number of aldehydes is 1. The van der Waals surface area contributed by atoms with Crippen LogP contribution in [-0.4, -0.2) is 35.3 Å². The summed E-state index contributed by atoms with van der Waals surface area (Å²) < 4.78 is 5.68. The van der Waals surface area contributed by atoms with Crippen molar-refractivity contribution in [2.75, 3.05) is 0 Å². The van der Waals surface area contributed by atoms with Crippen LogP contribution in [0.3, 0.4) is 0 Å². The van der Waals surface area contributed by atoms with Crippen molar-refractivity contribution in [3.63, 3.8) is 0 Å². The van der Waals surface area contributed by atoms with E-state index in [9.17, 15) is 4.79 Å². The van der Waals surface area contributed by atoms with Crippen molar-refractivity contribution in [2.45, 2.75) is 149 Å². The van der Waals surface area contributed by atoms with Gasteiger partial charge >= 0.3 is 302 Å². The monoisotopic (exact) mass is 768 g/mol. The van der Waals surface area contributed by atoms with E-state index in [2.05, 4.69) is 63.3 Å². The second kappa shape index (κ2) is 19.9. The quantitative estimate of drug-likeness (QED) is 0.155. The van der Waals surface area contributed by atoms with Crippen LogP contribution in [0.5, 0.6) is 0 Å². The molecule has 1 nitrogen and oxygen atoms in total. The van der Waals surface area contributed by atoms with Gasteiger partial charge in [-0.05, 0) is 0 Å². The van der Waals surface area contributed by atoms with Crippen molar-refractivity contribution in [3.05, 3.63) is 60.2 Å². The Morgan fingerprint density at radius 1 is 0.596 bits per heavy atom. The third kappa shape index (κ3) is 11.2. The molecule has 47 heavy (non-hydrogen) atoms. The SMILES string of the molecule is CCCC1CCC(C2CC=C(c3ccc(C=O)[se]3)CC2)CC1.CCCC=Cc1ccc(C2=CCC(C3CCC(CCC)CC3)CC2)[se]1. The van der Waals surface area contributed by atoms with E-state index in [4.69, 9.17) is 0 Å². The topological polar surface area (TPSA) is 17.1 Å². The molecule has 6 rings (SSSR count). The Labute approximate surface area is 300 Å². The van der Waals surface area contributed by atoms with Gasteiger partial charge in [-0.2, -0.15) is 0 Å². The molecular weight excluding hydrogens is 702 g/mol. The maximum atomic E-state index is 10.9. The van der Waals surface area contributed by atoms with E-state index in [1.165, 1.54) is 133 Å². The van der Waals surface area contributed by atoms with Gasteiger partial charge in [0.2, 0.25) is 0 Å². The second-order valence-electron chi connectivity index (χ2n) is 15.4. The van der Waals surface area contributed by atoms with Crippen LogP contribution >= 0.6 is 0 Å². The molecule has 2 unspecified atom stereocenters.